The fourth-order valence-electron chi connectivity index (χ4n) is 3.60. The average molecular weight is 325 g/mol. The lowest BCUT2D eigenvalue weighted by Gasteiger charge is -2.24. The lowest BCUT2D eigenvalue weighted by atomic mass is 9.97. The zero-order valence-electron chi connectivity index (χ0n) is 14.0. The second-order valence-electron chi connectivity index (χ2n) is 7.05. The van der Waals surface area contributed by atoms with Crippen molar-refractivity contribution < 1.29 is 9.59 Å². The van der Waals surface area contributed by atoms with Gasteiger partial charge in [-0.25, -0.2) is 0 Å². The van der Waals surface area contributed by atoms with Gasteiger partial charge in [0.05, 0.1) is 12.0 Å². The molecule has 1 aromatic carbocycles. The first kappa shape index (κ1) is 16.5. The minimum atomic E-state index is -0.718. The first-order valence-corrected chi connectivity index (χ1v) is 8.58. The molecule has 0 spiro atoms. The number of likely N-dealkylation sites (tertiary alicyclic amines) is 1. The molecule has 5 nitrogen and oxygen atoms in total. The summed E-state index contributed by atoms with van der Waals surface area (Å²) in [5, 5.41) is 12.3. The van der Waals surface area contributed by atoms with E-state index >= 15 is 0 Å². The van der Waals surface area contributed by atoms with Crippen molar-refractivity contribution in [3.8, 4) is 6.07 Å². The van der Waals surface area contributed by atoms with Crippen LogP contribution in [-0.2, 0) is 16.1 Å². The third-order valence-corrected chi connectivity index (χ3v) is 5.11. The molecule has 1 aliphatic carbocycles. The first-order valence-electron chi connectivity index (χ1n) is 8.58. The van der Waals surface area contributed by atoms with Gasteiger partial charge in [-0.1, -0.05) is 29.8 Å². The average Bonchev–Trinajstić information content (AvgIpc) is 3.18. The summed E-state index contributed by atoms with van der Waals surface area (Å²) in [4.78, 5) is 26.5. The van der Waals surface area contributed by atoms with Gasteiger partial charge >= 0.3 is 0 Å². The van der Waals surface area contributed by atoms with Crippen molar-refractivity contribution in [1.82, 2.24) is 10.2 Å². The highest BCUT2D eigenvalue weighted by atomic mass is 16.2. The molecule has 1 heterocycles. The molecule has 3 rings (SSSR count). The van der Waals surface area contributed by atoms with Crippen molar-refractivity contribution in [1.29, 1.82) is 5.26 Å². The second-order valence-corrected chi connectivity index (χ2v) is 7.05. The summed E-state index contributed by atoms with van der Waals surface area (Å²) in [6, 6.07) is 10.3. The van der Waals surface area contributed by atoms with Crippen molar-refractivity contribution in [3.63, 3.8) is 0 Å². The van der Waals surface area contributed by atoms with Crippen molar-refractivity contribution in [2.45, 2.75) is 51.1 Å². The van der Waals surface area contributed by atoms with E-state index in [1.807, 2.05) is 31.2 Å². The van der Waals surface area contributed by atoms with E-state index in [0.29, 0.717) is 25.9 Å². The van der Waals surface area contributed by atoms with Gasteiger partial charge in [0, 0.05) is 19.5 Å². The van der Waals surface area contributed by atoms with E-state index in [1.165, 1.54) is 5.56 Å². The number of amides is 2. The van der Waals surface area contributed by atoms with Crippen LogP contribution in [0.25, 0.3) is 0 Å². The molecule has 2 amide bonds. The summed E-state index contributed by atoms with van der Waals surface area (Å²) in [6.07, 6.45) is 3.60. The number of nitrogens with zero attached hydrogens (tertiary/aromatic N) is 2. The number of benzene rings is 1. The normalized spacial score (nSPS) is 22.4. The molecule has 1 aromatic rings. The Balaban J connectivity index is 1.60. The van der Waals surface area contributed by atoms with Crippen molar-refractivity contribution in [2.24, 2.45) is 5.92 Å². The van der Waals surface area contributed by atoms with Crippen LogP contribution < -0.4 is 5.32 Å². The molecule has 1 aliphatic heterocycles. The van der Waals surface area contributed by atoms with Crippen LogP contribution in [0.3, 0.4) is 0 Å². The van der Waals surface area contributed by atoms with Crippen LogP contribution in [0.1, 0.15) is 43.2 Å². The molecule has 0 aromatic heterocycles. The standard InChI is InChI=1S/C19H23N3O2/c1-14-4-6-15(7-5-14)11-22-12-16(10-17(22)23)18(24)21-19(13-20)8-2-3-9-19/h4-7,16H,2-3,8-12H2,1H3,(H,21,24). The fraction of sp³-hybridized carbons (Fsp3) is 0.526. The Morgan fingerprint density at radius 2 is 2.00 bits per heavy atom. The SMILES string of the molecule is Cc1ccc(CN2CC(C(=O)NC3(C#N)CCCC3)CC2=O)cc1. The quantitative estimate of drug-likeness (QED) is 0.923. The third kappa shape index (κ3) is 3.43. The minimum Gasteiger partial charge on any atom is -0.338 e. The molecule has 1 unspecified atom stereocenters. The molecular weight excluding hydrogens is 302 g/mol. The summed E-state index contributed by atoms with van der Waals surface area (Å²) in [7, 11) is 0. The summed E-state index contributed by atoms with van der Waals surface area (Å²) in [5.41, 5.74) is 1.53. The Morgan fingerprint density at radius 1 is 1.33 bits per heavy atom. The maximum absolute atomic E-state index is 12.5. The second kappa shape index (κ2) is 6.64. The van der Waals surface area contributed by atoms with E-state index in [9.17, 15) is 14.9 Å². The lowest BCUT2D eigenvalue weighted by molar-refractivity contribution is -0.129. The summed E-state index contributed by atoms with van der Waals surface area (Å²) >= 11 is 0. The van der Waals surface area contributed by atoms with Gasteiger partial charge in [-0.3, -0.25) is 9.59 Å². The molecule has 2 aliphatic rings. The number of carbonyl (C=O) groups is 2. The fourth-order valence-corrected chi connectivity index (χ4v) is 3.60. The highest BCUT2D eigenvalue weighted by Crippen LogP contribution is 2.30. The number of hydrogen-bond donors (Lipinski definition) is 1. The molecule has 1 saturated heterocycles. The molecule has 5 heteroatoms. The molecule has 24 heavy (non-hydrogen) atoms. The Kier molecular flexibility index (Phi) is 4.57. The lowest BCUT2D eigenvalue weighted by Crippen LogP contribution is -2.48. The van der Waals surface area contributed by atoms with E-state index in [2.05, 4.69) is 11.4 Å². The number of hydrogen-bond acceptors (Lipinski definition) is 3. The number of carbonyl (C=O) groups excluding carboxylic acids is 2. The van der Waals surface area contributed by atoms with Gasteiger partial charge in [0.1, 0.15) is 5.54 Å². The van der Waals surface area contributed by atoms with Gasteiger partial charge in [0.15, 0.2) is 0 Å². The zero-order chi connectivity index (χ0) is 17.2. The van der Waals surface area contributed by atoms with E-state index in [0.717, 1.165) is 18.4 Å². The predicted octanol–water partition coefficient (Wildman–Crippen LogP) is 2.30. The molecule has 126 valence electrons. The van der Waals surface area contributed by atoms with Gasteiger partial charge in [-0.15, -0.1) is 0 Å². The van der Waals surface area contributed by atoms with Crippen LogP contribution in [0.2, 0.25) is 0 Å². The molecule has 0 radical (unpaired) electrons. The van der Waals surface area contributed by atoms with E-state index < -0.39 is 5.54 Å². The van der Waals surface area contributed by atoms with Gasteiger partial charge in [-0.05, 0) is 38.2 Å². The summed E-state index contributed by atoms with van der Waals surface area (Å²) < 4.78 is 0. The monoisotopic (exact) mass is 325 g/mol. The van der Waals surface area contributed by atoms with Gasteiger partial charge in [0.2, 0.25) is 11.8 Å². The topological polar surface area (TPSA) is 73.2 Å². The van der Waals surface area contributed by atoms with Crippen LogP contribution in [0.4, 0.5) is 0 Å². The van der Waals surface area contributed by atoms with Crippen LogP contribution in [0.15, 0.2) is 24.3 Å². The molecular formula is C19H23N3O2. The molecule has 2 fully saturated rings. The zero-order valence-corrected chi connectivity index (χ0v) is 14.0. The number of nitrogens with one attached hydrogen (secondary N) is 1. The Bertz CT molecular complexity index is 669. The van der Waals surface area contributed by atoms with Crippen molar-refractivity contribution >= 4 is 11.8 Å². The van der Waals surface area contributed by atoms with E-state index in [4.69, 9.17) is 0 Å². The largest absolute Gasteiger partial charge is 0.338 e. The molecule has 1 saturated carbocycles. The first-order chi connectivity index (χ1) is 11.5. The van der Waals surface area contributed by atoms with E-state index in [-0.39, 0.29) is 24.2 Å². The molecule has 1 atom stereocenters. The Hall–Kier alpha value is -2.35. The van der Waals surface area contributed by atoms with Gasteiger partial charge < -0.3 is 10.2 Å². The highest BCUT2D eigenvalue weighted by Gasteiger charge is 2.40. The molecule has 0 bridgehead atoms. The number of rotatable bonds is 4. The Labute approximate surface area is 142 Å². The van der Waals surface area contributed by atoms with Crippen LogP contribution in [-0.4, -0.2) is 28.8 Å². The smallest absolute Gasteiger partial charge is 0.226 e. The molecule has 1 N–H and O–H groups in total. The number of aryl methyl sites for hydroxylation is 1. The summed E-state index contributed by atoms with van der Waals surface area (Å²) in [6.45, 7) is 2.99. The van der Waals surface area contributed by atoms with E-state index in [1.54, 1.807) is 4.90 Å². The number of nitriles is 1. The van der Waals surface area contributed by atoms with Crippen molar-refractivity contribution in [2.75, 3.05) is 6.54 Å². The highest BCUT2D eigenvalue weighted by molar-refractivity contribution is 5.89. The van der Waals surface area contributed by atoms with Crippen LogP contribution in [0, 0.1) is 24.2 Å². The minimum absolute atomic E-state index is 0.00755. The van der Waals surface area contributed by atoms with Gasteiger partial charge in [0.25, 0.3) is 0 Å². The maximum Gasteiger partial charge on any atom is 0.226 e. The van der Waals surface area contributed by atoms with Crippen molar-refractivity contribution in [3.05, 3.63) is 35.4 Å². The van der Waals surface area contributed by atoms with Gasteiger partial charge in [-0.2, -0.15) is 5.26 Å². The van der Waals surface area contributed by atoms with Crippen LogP contribution in [0.5, 0.6) is 0 Å². The third-order valence-electron chi connectivity index (χ3n) is 5.11. The maximum atomic E-state index is 12.5. The summed E-state index contributed by atoms with van der Waals surface area (Å²) in [5.74, 6) is -0.500. The predicted molar refractivity (Wildman–Crippen MR) is 89.7 cm³/mol. The van der Waals surface area contributed by atoms with Crippen LogP contribution >= 0.6 is 0 Å². The Morgan fingerprint density at radius 3 is 2.62 bits per heavy atom.